The average Bonchev–Trinajstić information content (AvgIpc) is 2.50. The van der Waals surface area contributed by atoms with Gasteiger partial charge in [0, 0.05) is 25.7 Å². The number of piperazine rings is 1. The lowest BCUT2D eigenvalue weighted by Gasteiger charge is -2.24. The molecule has 2 aromatic rings. The quantitative estimate of drug-likeness (QED) is 0.877. The predicted octanol–water partition coefficient (Wildman–Crippen LogP) is 2.46. The summed E-state index contributed by atoms with van der Waals surface area (Å²) in [5, 5.41) is 6.98. The third-order valence-corrected chi connectivity index (χ3v) is 3.67. The van der Waals surface area contributed by atoms with Crippen LogP contribution in [0.2, 0.25) is 0 Å². The minimum Gasteiger partial charge on any atom is -0.314 e. The fourth-order valence-electron chi connectivity index (χ4n) is 2.61. The van der Waals surface area contributed by atoms with Crippen LogP contribution in [0.15, 0.2) is 54.6 Å². The van der Waals surface area contributed by atoms with E-state index in [9.17, 15) is 0 Å². The summed E-state index contributed by atoms with van der Waals surface area (Å²) >= 11 is 0. The monoisotopic (exact) mass is 252 g/mol. The fraction of sp³-hybridized carbons (Fsp3) is 0.294. The van der Waals surface area contributed by atoms with E-state index in [1.165, 1.54) is 16.7 Å². The van der Waals surface area contributed by atoms with Crippen LogP contribution in [0.4, 0.5) is 0 Å². The van der Waals surface area contributed by atoms with E-state index in [0.717, 1.165) is 26.1 Å². The molecule has 0 unspecified atom stereocenters. The Morgan fingerprint density at radius 1 is 0.842 bits per heavy atom. The van der Waals surface area contributed by atoms with Crippen molar-refractivity contribution in [2.75, 3.05) is 19.6 Å². The molecular weight excluding hydrogens is 232 g/mol. The van der Waals surface area contributed by atoms with Crippen molar-refractivity contribution < 1.29 is 0 Å². The molecule has 1 fully saturated rings. The van der Waals surface area contributed by atoms with Gasteiger partial charge in [-0.3, -0.25) is 0 Å². The molecule has 1 atom stereocenters. The number of benzene rings is 2. The molecule has 1 saturated heterocycles. The van der Waals surface area contributed by atoms with Gasteiger partial charge in [0.05, 0.1) is 0 Å². The van der Waals surface area contributed by atoms with E-state index in [4.69, 9.17) is 0 Å². The second-order valence-corrected chi connectivity index (χ2v) is 5.12. The minimum absolute atomic E-state index is 0.566. The molecule has 0 aromatic heterocycles. The first-order valence-corrected chi connectivity index (χ1v) is 7.00. The molecular formula is C17H20N2. The van der Waals surface area contributed by atoms with E-state index in [1.54, 1.807) is 0 Å². The van der Waals surface area contributed by atoms with Gasteiger partial charge in [0.15, 0.2) is 0 Å². The van der Waals surface area contributed by atoms with Gasteiger partial charge in [-0.2, -0.15) is 0 Å². The molecule has 98 valence electrons. The van der Waals surface area contributed by atoms with Crippen LogP contribution in [0.1, 0.15) is 5.56 Å². The third kappa shape index (κ3) is 3.22. The second-order valence-electron chi connectivity index (χ2n) is 5.12. The number of nitrogens with one attached hydrogen (secondary N) is 2. The van der Waals surface area contributed by atoms with Gasteiger partial charge in [0.2, 0.25) is 0 Å². The molecule has 0 radical (unpaired) electrons. The zero-order chi connectivity index (χ0) is 12.9. The van der Waals surface area contributed by atoms with Gasteiger partial charge in [0.1, 0.15) is 0 Å². The SMILES string of the molecule is c1ccc(-c2ccc(C[C@@H]3CNCCN3)cc2)cc1. The minimum atomic E-state index is 0.566. The van der Waals surface area contributed by atoms with Crippen molar-refractivity contribution in [1.29, 1.82) is 0 Å². The smallest absolute Gasteiger partial charge is 0.0233 e. The summed E-state index contributed by atoms with van der Waals surface area (Å²) in [4.78, 5) is 0. The van der Waals surface area contributed by atoms with E-state index in [0.29, 0.717) is 6.04 Å². The Morgan fingerprint density at radius 2 is 1.58 bits per heavy atom. The fourth-order valence-corrected chi connectivity index (χ4v) is 2.61. The lowest BCUT2D eigenvalue weighted by molar-refractivity contribution is 0.416. The summed E-state index contributed by atoms with van der Waals surface area (Å²) in [6.45, 7) is 3.23. The predicted molar refractivity (Wildman–Crippen MR) is 80.2 cm³/mol. The van der Waals surface area contributed by atoms with E-state index in [2.05, 4.69) is 65.2 Å². The van der Waals surface area contributed by atoms with Crippen molar-refractivity contribution in [1.82, 2.24) is 10.6 Å². The van der Waals surface area contributed by atoms with Crippen LogP contribution in [0, 0.1) is 0 Å². The Morgan fingerprint density at radius 3 is 2.26 bits per heavy atom. The standard InChI is InChI=1S/C17H20N2/c1-2-4-15(5-3-1)16-8-6-14(7-9-16)12-17-13-18-10-11-19-17/h1-9,17-19H,10-13H2/t17-/m1/s1. The zero-order valence-corrected chi connectivity index (χ0v) is 11.1. The molecule has 0 amide bonds. The molecule has 0 aliphatic carbocycles. The molecule has 0 bridgehead atoms. The molecule has 3 rings (SSSR count). The molecule has 2 heteroatoms. The van der Waals surface area contributed by atoms with E-state index >= 15 is 0 Å². The summed E-state index contributed by atoms with van der Waals surface area (Å²) in [5.41, 5.74) is 3.98. The highest BCUT2D eigenvalue weighted by atomic mass is 15.0. The second kappa shape index (κ2) is 6.00. The van der Waals surface area contributed by atoms with Crippen molar-refractivity contribution >= 4 is 0 Å². The molecule has 1 heterocycles. The Bertz CT molecular complexity index is 499. The van der Waals surface area contributed by atoms with Gasteiger partial charge in [-0.25, -0.2) is 0 Å². The highest BCUT2D eigenvalue weighted by molar-refractivity contribution is 5.63. The Kier molecular flexibility index (Phi) is 3.92. The molecule has 0 spiro atoms. The van der Waals surface area contributed by atoms with Crippen LogP contribution in [-0.2, 0) is 6.42 Å². The van der Waals surface area contributed by atoms with Crippen LogP contribution in [0.25, 0.3) is 11.1 Å². The Labute approximate surface area is 114 Å². The van der Waals surface area contributed by atoms with Crippen LogP contribution < -0.4 is 10.6 Å². The molecule has 0 saturated carbocycles. The summed E-state index contributed by atoms with van der Waals surface area (Å²) in [6, 6.07) is 20.0. The van der Waals surface area contributed by atoms with Crippen LogP contribution >= 0.6 is 0 Å². The molecule has 2 aromatic carbocycles. The van der Waals surface area contributed by atoms with Crippen LogP contribution in [0.5, 0.6) is 0 Å². The van der Waals surface area contributed by atoms with Gasteiger partial charge >= 0.3 is 0 Å². The normalized spacial score (nSPS) is 19.3. The van der Waals surface area contributed by atoms with Gasteiger partial charge in [0.25, 0.3) is 0 Å². The number of hydrogen-bond donors (Lipinski definition) is 2. The maximum absolute atomic E-state index is 3.55. The lowest BCUT2D eigenvalue weighted by Crippen LogP contribution is -2.49. The van der Waals surface area contributed by atoms with Crippen molar-refractivity contribution in [2.45, 2.75) is 12.5 Å². The Hall–Kier alpha value is -1.64. The largest absolute Gasteiger partial charge is 0.314 e. The molecule has 1 aliphatic heterocycles. The highest BCUT2D eigenvalue weighted by Crippen LogP contribution is 2.19. The molecule has 1 aliphatic rings. The van der Waals surface area contributed by atoms with Gasteiger partial charge < -0.3 is 10.6 Å². The lowest BCUT2D eigenvalue weighted by atomic mass is 10.00. The maximum atomic E-state index is 3.55. The van der Waals surface area contributed by atoms with E-state index < -0.39 is 0 Å². The number of rotatable bonds is 3. The third-order valence-electron chi connectivity index (χ3n) is 3.67. The van der Waals surface area contributed by atoms with E-state index in [-0.39, 0.29) is 0 Å². The first-order chi connectivity index (χ1) is 9.42. The van der Waals surface area contributed by atoms with Crippen LogP contribution in [0.3, 0.4) is 0 Å². The highest BCUT2D eigenvalue weighted by Gasteiger charge is 2.12. The molecule has 19 heavy (non-hydrogen) atoms. The summed E-state index contributed by atoms with van der Waals surface area (Å²) in [5.74, 6) is 0. The maximum Gasteiger partial charge on any atom is 0.0233 e. The van der Waals surface area contributed by atoms with Crippen molar-refractivity contribution in [3.05, 3.63) is 60.2 Å². The van der Waals surface area contributed by atoms with Crippen LogP contribution in [-0.4, -0.2) is 25.7 Å². The number of hydrogen-bond acceptors (Lipinski definition) is 2. The summed E-state index contributed by atoms with van der Waals surface area (Å²) in [7, 11) is 0. The molecule has 2 N–H and O–H groups in total. The van der Waals surface area contributed by atoms with Gasteiger partial charge in [-0.1, -0.05) is 54.6 Å². The van der Waals surface area contributed by atoms with Crippen molar-refractivity contribution in [3.8, 4) is 11.1 Å². The Balaban J connectivity index is 1.68. The zero-order valence-electron chi connectivity index (χ0n) is 11.1. The topological polar surface area (TPSA) is 24.1 Å². The van der Waals surface area contributed by atoms with E-state index in [1.807, 2.05) is 0 Å². The van der Waals surface area contributed by atoms with Gasteiger partial charge in [-0.15, -0.1) is 0 Å². The van der Waals surface area contributed by atoms with Crippen molar-refractivity contribution in [3.63, 3.8) is 0 Å². The first-order valence-electron chi connectivity index (χ1n) is 7.00. The van der Waals surface area contributed by atoms with Gasteiger partial charge in [-0.05, 0) is 23.1 Å². The van der Waals surface area contributed by atoms with Crippen molar-refractivity contribution in [2.24, 2.45) is 0 Å². The molecule has 2 nitrogen and oxygen atoms in total. The summed E-state index contributed by atoms with van der Waals surface area (Å²) < 4.78 is 0. The average molecular weight is 252 g/mol. The summed E-state index contributed by atoms with van der Waals surface area (Å²) in [6.07, 6.45) is 1.10. The first kappa shape index (κ1) is 12.4.